The van der Waals surface area contributed by atoms with Gasteiger partial charge in [-0.3, -0.25) is 9.78 Å². The molecule has 0 bridgehead atoms. The van der Waals surface area contributed by atoms with E-state index in [4.69, 9.17) is 0 Å². The lowest BCUT2D eigenvalue weighted by molar-refractivity contribution is -0.118. The third kappa shape index (κ3) is 7.21. The minimum Gasteiger partial charge on any atom is -0.299 e. The molecule has 0 aliphatic heterocycles. The van der Waals surface area contributed by atoms with E-state index in [2.05, 4.69) is 11.9 Å². The highest BCUT2D eigenvalue weighted by molar-refractivity contribution is 5.80. The lowest BCUT2D eigenvalue weighted by atomic mass is 10.0. The summed E-state index contributed by atoms with van der Waals surface area (Å²) in [4.78, 5) is 15.7. The number of carbonyl (C=O) groups is 1. The van der Waals surface area contributed by atoms with Crippen LogP contribution < -0.4 is 0 Å². The van der Waals surface area contributed by atoms with Gasteiger partial charge in [0, 0.05) is 25.2 Å². The first-order valence-corrected chi connectivity index (χ1v) is 7.23. The molecular formula is C16H25NO. The number of Topliss-reactive ketones (excluding diaryl/α,β-unsaturated/α-hetero) is 1. The molecule has 1 aromatic rings. The molecule has 1 aromatic heterocycles. The van der Waals surface area contributed by atoms with Gasteiger partial charge in [-0.25, -0.2) is 0 Å². The fourth-order valence-electron chi connectivity index (χ4n) is 2.10. The number of nitrogens with zero attached hydrogens (tertiary/aromatic N) is 1. The molecule has 1 heterocycles. The Morgan fingerprint density at radius 3 is 2.50 bits per heavy atom. The summed E-state index contributed by atoms with van der Waals surface area (Å²) < 4.78 is 0. The van der Waals surface area contributed by atoms with E-state index in [0.29, 0.717) is 12.2 Å². The molecule has 0 saturated heterocycles. The molecule has 0 fully saturated rings. The fraction of sp³-hybridized carbons (Fsp3) is 0.625. The second kappa shape index (κ2) is 9.81. The topological polar surface area (TPSA) is 30.0 Å². The number of unbranched alkanes of at least 4 members (excludes halogenated alkanes) is 6. The second-order valence-corrected chi connectivity index (χ2v) is 4.95. The highest BCUT2D eigenvalue weighted by atomic mass is 16.1. The Morgan fingerprint density at radius 1 is 1.11 bits per heavy atom. The number of aromatic nitrogens is 1. The zero-order valence-corrected chi connectivity index (χ0v) is 11.5. The highest BCUT2D eigenvalue weighted by Gasteiger charge is 2.03. The van der Waals surface area contributed by atoms with Gasteiger partial charge in [-0.2, -0.15) is 0 Å². The van der Waals surface area contributed by atoms with Crippen LogP contribution in [0.25, 0.3) is 0 Å². The van der Waals surface area contributed by atoms with Crippen molar-refractivity contribution in [3.63, 3.8) is 0 Å². The largest absolute Gasteiger partial charge is 0.299 e. The third-order valence-electron chi connectivity index (χ3n) is 3.18. The average molecular weight is 247 g/mol. The Hall–Kier alpha value is -1.18. The van der Waals surface area contributed by atoms with E-state index in [1.807, 2.05) is 12.1 Å². The summed E-state index contributed by atoms with van der Waals surface area (Å²) in [5, 5.41) is 0. The zero-order valence-electron chi connectivity index (χ0n) is 11.5. The lowest BCUT2D eigenvalue weighted by Crippen LogP contribution is -2.02. The van der Waals surface area contributed by atoms with Crippen LogP contribution in [0.3, 0.4) is 0 Å². The Bertz CT molecular complexity index is 321. The summed E-state index contributed by atoms with van der Waals surface area (Å²) in [6, 6.07) is 3.85. The summed E-state index contributed by atoms with van der Waals surface area (Å²) in [6.45, 7) is 2.23. The van der Waals surface area contributed by atoms with Gasteiger partial charge in [0.05, 0.1) is 0 Å². The molecular weight excluding hydrogens is 222 g/mol. The zero-order chi connectivity index (χ0) is 13.1. The SMILES string of the molecule is CCCCCCCCCC(=O)Cc1cccnc1. The Labute approximate surface area is 111 Å². The normalized spacial score (nSPS) is 10.5. The molecule has 18 heavy (non-hydrogen) atoms. The molecule has 0 radical (unpaired) electrons. The van der Waals surface area contributed by atoms with Gasteiger partial charge < -0.3 is 0 Å². The molecule has 0 aliphatic rings. The third-order valence-corrected chi connectivity index (χ3v) is 3.18. The van der Waals surface area contributed by atoms with Crippen LogP contribution >= 0.6 is 0 Å². The molecule has 0 aliphatic carbocycles. The van der Waals surface area contributed by atoms with Crippen LogP contribution in [0.5, 0.6) is 0 Å². The monoisotopic (exact) mass is 247 g/mol. The van der Waals surface area contributed by atoms with Crippen LogP contribution in [-0.2, 0) is 11.2 Å². The summed E-state index contributed by atoms with van der Waals surface area (Å²) in [5.41, 5.74) is 1.03. The molecule has 0 aromatic carbocycles. The van der Waals surface area contributed by atoms with Gasteiger partial charge in [0.1, 0.15) is 5.78 Å². The summed E-state index contributed by atoms with van der Waals surface area (Å²) >= 11 is 0. The maximum atomic E-state index is 11.7. The van der Waals surface area contributed by atoms with Gasteiger partial charge in [0.25, 0.3) is 0 Å². The summed E-state index contributed by atoms with van der Waals surface area (Å²) in [5.74, 6) is 0.344. The number of carbonyl (C=O) groups excluding carboxylic acids is 1. The molecule has 0 saturated carbocycles. The van der Waals surface area contributed by atoms with Crippen molar-refractivity contribution in [2.24, 2.45) is 0 Å². The first kappa shape index (κ1) is 14.9. The molecule has 0 amide bonds. The van der Waals surface area contributed by atoms with E-state index in [9.17, 15) is 4.79 Å². The Kier molecular flexibility index (Phi) is 8.11. The van der Waals surface area contributed by atoms with E-state index in [-0.39, 0.29) is 0 Å². The molecule has 0 N–H and O–H groups in total. The van der Waals surface area contributed by atoms with Gasteiger partial charge in [0.2, 0.25) is 0 Å². The van der Waals surface area contributed by atoms with Gasteiger partial charge in [-0.05, 0) is 18.1 Å². The average Bonchev–Trinajstić information content (AvgIpc) is 2.39. The molecule has 100 valence electrons. The smallest absolute Gasteiger partial charge is 0.137 e. The predicted octanol–water partition coefficient (Wildman–Crippen LogP) is 4.33. The quantitative estimate of drug-likeness (QED) is 0.576. The van der Waals surface area contributed by atoms with Crippen molar-refractivity contribution >= 4 is 5.78 Å². The number of hydrogen-bond donors (Lipinski definition) is 0. The van der Waals surface area contributed by atoms with Crippen LogP contribution in [-0.4, -0.2) is 10.8 Å². The van der Waals surface area contributed by atoms with Gasteiger partial charge >= 0.3 is 0 Å². The van der Waals surface area contributed by atoms with Crippen molar-refractivity contribution in [3.8, 4) is 0 Å². The molecule has 2 nitrogen and oxygen atoms in total. The maximum Gasteiger partial charge on any atom is 0.137 e. The second-order valence-electron chi connectivity index (χ2n) is 4.95. The molecule has 0 atom stereocenters. The minimum atomic E-state index is 0.344. The predicted molar refractivity (Wildman–Crippen MR) is 75.6 cm³/mol. The van der Waals surface area contributed by atoms with Crippen molar-refractivity contribution in [2.75, 3.05) is 0 Å². The van der Waals surface area contributed by atoms with E-state index in [1.165, 1.54) is 38.5 Å². The van der Waals surface area contributed by atoms with Crippen LogP contribution in [0.4, 0.5) is 0 Å². The van der Waals surface area contributed by atoms with E-state index < -0.39 is 0 Å². The Morgan fingerprint density at radius 2 is 1.83 bits per heavy atom. The standard InChI is InChI=1S/C16H25NO/c1-2-3-4-5-6-7-8-11-16(18)13-15-10-9-12-17-14-15/h9-10,12,14H,2-8,11,13H2,1H3. The van der Waals surface area contributed by atoms with Crippen LogP contribution in [0.2, 0.25) is 0 Å². The number of rotatable bonds is 10. The summed E-state index contributed by atoms with van der Waals surface area (Å²) in [6.07, 6.45) is 13.6. The van der Waals surface area contributed by atoms with Gasteiger partial charge in [0.15, 0.2) is 0 Å². The van der Waals surface area contributed by atoms with E-state index >= 15 is 0 Å². The minimum absolute atomic E-state index is 0.344. The Balaban J connectivity index is 2.00. The number of hydrogen-bond acceptors (Lipinski definition) is 2. The van der Waals surface area contributed by atoms with Gasteiger partial charge in [-0.15, -0.1) is 0 Å². The highest BCUT2D eigenvalue weighted by Crippen LogP contribution is 2.09. The molecule has 0 spiro atoms. The van der Waals surface area contributed by atoms with Crippen molar-refractivity contribution in [2.45, 2.75) is 64.7 Å². The molecule has 0 unspecified atom stereocenters. The lowest BCUT2D eigenvalue weighted by Gasteiger charge is -2.02. The maximum absolute atomic E-state index is 11.7. The fourth-order valence-corrected chi connectivity index (χ4v) is 2.10. The van der Waals surface area contributed by atoms with Crippen molar-refractivity contribution in [3.05, 3.63) is 30.1 Å². The molecule has 1 rings (SSSR count). The number of ketones is 1. The first-order chi connectivity index (χ1) is 8.83. The van der Waals surface area contributed by atoms with Gasteiger partial charge in [-0.1, -0.05) is 51.5 Å². The van der Waals surface area contributed by atoms with Crippen LogP contribution in [0.15, 0.2) is 24.5 Å². The number of pyridine rings is 1. The van der Waals surface area contributed by atoms with Crippen molar-refractivity contribution in [1.82, 2.24) is 4.98 Å². The van der Waals surface area contributed by atoms with Crippen LogP contribution in [0, 0.1) is 0 Å². The van der Waals surface area contributed by atoms with E-state index in [1.54, 1.807) is 12.4 Å². The molecule has 2 heteroatoms. The summed E-state index contributed by atoms with van der Waals surface area (Å²) in [7, 11) is 0. The van der Waals surface area contributed by atoms with E-state index in [0.717, 1.165) is 18.4 Å². The first-order valence-electron chi connectivity index (χ1n) is 7.23. The van der Waals surface area contributed by atoms with Crippen molar-refractivity contribution in [1.29, 1.82) is 0 Å². The van der Waals surface area contributed by atoms with Crippen molar-refractivity contribution < 1.29 is 4.79 Å². The van der Waals surface area contributed by atoms with Crippen LogP contribution in [0.1, 0.15) is 63.9 Å².